The number of carbonyl (C=O) groups is 1. The van der Waals surface area contributed by atoms with Crippen LogP contribution in [-0.2, 0) is 17.8 Å². The second-order valence-corrected chi connectivity index (χ2v) is 10.0. The van der Waals surface area contributed by atoms with Crippen molar-refractivity contribution in [3.8, 4) is 0 Å². The number of nitrogens with zero attached hydrogens (tertiary/aromatic N) is 3. The molecule has 1 aliphatic heterocycles. The Hall–Kier alpha value is -2.32. The van der Waals surface area contributed by atoms with Crippen LogP contribution in [0.4, 0.5) is 0 Å². The van der Waals surface area contributed by atoms with Crippen molar-refractivity contribution in [2.24, 2.45) is 0 Å². The third kappa shape index (κ3) is 14.3. The molecule has 3 N–H and O–H groups in total. The Morgan fingerprint density at radius 3 is 2.11 bits per heavy atom. The zero-order valence-electron chi connectivity index (χ0n) is 23.3. The number of benzene rings is 1. The highest BCUT2D eigenvalue weighted by Crippen LogP contribution is 2.11. The zero-order chi connectivity index (χ0) is 26.8. The molecule has 0 bridgehead atoms. The minimum absolute atomic E-state index is 0.0677. The number of aliphatic hydroxyl groups excluding tert-OH is 1. The van der Waals surface area contributed by atoms with E-state index < -0.39 is 0 Å². The molecule has 1 saturated heterocycles. The standard InChI is InChI=1S/C22H32N4O.C5H11NO.C2H6/c1-23-21(14-19-6-3-2-4-7-19)15-22(27)18-26-12-10-25(11-13-26)17-20-8-5-9-24-16-20;1-5(2,3)6-4-7;1-2/h2-9,16,21-23,27H,10-15,17-18H2,1H3;4H,1-3H3,(H,6,7);1-2H3. The number of aliphatic hydroxyl groups is 1. The number of hydrogen-bond donors (Lipinski definition) is 3. The topological polar surface area (TPSA) is 80.7 Å². The zero-order valence-corrected chi connectivity index (χ0v) is 23.3. The fraction of sp³-hybridized carbons (Fsp3) is 0.586. The number of rotatable bonds is 10. The molecule has 1 amide bonds. The van der Waals surface area contributed by atoms with E-state index in [2.05, 4.69) is 55.7 Å². The average Bonchev–Trinajstić information content (AvgIpc) is 2.87. The summed E-state index contributed by atoms with van der Waals surface area (Å²) in [6.45, 7) is 15.6. The maximum atomic E-state index is 10.6. The number of pyridine rings is 1. The second-order valence-electron chi connectivity index (χ2n) is 10.0. The summed E-state index contributed by atoms with van der Waals surface area (Å²) < 4.78 is 0. The highest BCUT2D eigenvalue weighted by atomic mass is 16.3. The van der Waals surface area contributed by atoms with Gasteiger partial charge in [0.25, 0.3) is 0 Å². The van der Waals surface area contributed by atoms with E-state index in [1.54, 1.807) is 0 Å². The maximum Gasteiger partial charge on any atom is 0.207 e. The summed E-state index contributed by atoms with van der Waals surface area (Å²) in [7, 11) is 1.98. The lowest BCUT2D eigenvalue weighted by molar-refractivity contribution is -0.110. The molecule has 2 unspecified atom stereocenters. The van der Waals surface area contributed by atoms with Crippen LogP contribution in [0, 0.1) is 0 Å². The van der Waals surface area contributed by atoms with Gasteiger partial charge in [0.15, 0.2) is 0 Å². The van der Waals surface area contributed by atoms with Gasteiger partial charge in [-0.15, -0.1) is 0 Å². The van der Waals surface area contributed by atoms with Crippen molar-refractivity contribution in [2.75, 3.05) is 39.8 Å². The van der Waals surface area contributed by atoms with Crippen molar-refractivity contribution in [1.82, 2.24) is 25.4 Å². The molecule has 202 valence electrons. The largest absolute Gasteiger partial charge is 0.392 e. The van der Waals surface area contributed by atoms with Crippen LogP contribution in [0.2, 0.25) is 0 Å². The Labute approximate surface area is 219 Å². The number of amides is 1. The van der Waals surface area contributed by atoms with Gasteiger partial charge in [0.2, 0.25) is 6.41 Å². The van der Waals surface area contributed by atoms with Crippen LogP contribution in [0.3, 0.4) is 0 Å². The Morgan fingerprint density at radius 2 is 1.61 bits per heavy atom. The van der Waals surface area contributed by atoms with Gasteiger partial charge in [-0.2, -0.15) is 0 Å². The molecule has 2 aromatic rings. The molecule has 7 nitrogen and oxygen atoms in total. The van der Waals surface area contributed by atoms with Crippen molar-refractivity contribution in [1.29, 1.82) is 0 Å². The van der Waals surface area contributed by atoms with Crippen LogP contribution >= 0.6 is 0 Å². The molecule has 7 heteroatoms. The monoisotopic (exact) mass is 499 g/mol. The molecular formula is C29H49N5O2. The van der Waals surface area contributed by atoms with E-state index in [0.717, 1.165) is 52.1 Å². The van der Waals surface area contributed by atoms with Crippen LogP contribution < -0.4 is 10.6 Å². The van der Waals surface area contributed by atoms with Gasteiger partial charge in [-0.1, -0.05) is 50.2 Å². The first-order valence-corrected chi connectivity index (χ1v) is 13.2. The van der Waals surface area contributed by atoms with Gasteiger partial charge in [-0.05, 0) is 57.9 Å². The quantitative estimate of drug-likeness (QED) is 0.435. The first-order valence-electron chi connectivity index (χ1n) is 13.2. The summed E-state index contributed by atoms with van der Waals surface area (Å²) in [6.07, 6.45) is 5.91. The Morgan fingerprint density at radius 1 is 1.00 bits per heavy atom. The number of aromatic nitrogens is 1. The molecule has 1 aromatic heterocycles. The van der Waals surface area contributed by atoms with Crippen LogP contribution in [0.25, 0.3) is 0 Å². The lowest BCUT2D eigenvalue weighted by Crippen LogP contribution is -2.48. The maximum absolute atomic E-state index is 10.6. The lowest BCUT2D eigenvalue weighted by Gasteiger charge is -2.36. The molecule has 2 heterocycles. The van der Waals surface area contributed by atoms with E-state index in [0.29, 0.717) is 12.5 Å². The van der Waals surface area contributed by atoms with Crippen LogP contribution in [-0.4, -0.2) is 83.8 Å². The van der Waals surface area contributed by atoms with E-state index in [1.807, 2.05) is 66.2 Å². The average molecular weight is 500 g/mol. The number of piperazine rings is 1. The molecule has 1 aromatic carbocycles. The predicted octanol–water partition coefficient (Wildman–Crippen LogP) is 3.34. The molecule has 1 fully saturated rings. The molecule has 0 spiro atoms. The Bertz CT molecular complexity index is 790. The molecule has 0 aliphatic carbocycles. The van der Waals surface area contributed by atoms with E-state index in [4.69, 9.17) is 0 Å². The smallest absolute Gasteiger partial charge is 0.207 e. The normalized spacial score (nSPS) is 16.0. The van der Waals surface area contributed by atoms with E-state index in [9.17, 15) is 9.90 Å². The van der Waals surface area contributed by atoms with Crippen molar-refractivity contribution in [3.05, 3.63) is 66.0 Å². The van der Waals surface area contributed by atoms with Crippen molar-refractivity contribution >= 4 is 6.41 Å². The molecule has 1 aliphatic rings. The van der Waals surface area contributed by atoms with Crippen molar-refractivity contribution in [2.45, 2.75) is 71.7 Å². The van der Waals surface area contributed by atoms with Crippen molar-refractivity contribution < 1.29 is 9.90 Å². The number of β-amino-alcohol motifs (C(OH)–C–C–N with tert-alkyl or cyclic N) is 1. The Balaban J connectivity index is 0.000000623. The summed E-state index contributed by atoms with van der Waals surface area (Å²) >= 11 is 0. The van der Waals surface area contributed by atoms with Crippen LogP contribution in [0.5, 0.6) is 0 Å². The highest BCUT2D eigenvalue weighted by Gasteiger charge is 2.21. The molecule has 0 radical (unpaired) electrons. The third-order valence-corrected chi connectivity index (χ3v) is 5.84. The Kier molecular flexibility index (Phi) is 15.9. The fourth-order valence-electron chi connectivity index (χ4n) is 3.96. The minimum atomic E-state index is -0.295. The van der Waals surface area contributed by atoms with Gasteiger partial charge in [-0.25, -0.2) is 0 Å². The summed E-state index contributed by atoms with van der Waals surface area (Å²) in [5, 5.41) is 16.5. The summed E-state index contributed by atoms with van der Waals surface area (Å²) in [4.78, 5) is 18.8. The van der Waals surface area contributed by atoms with E-state index >= 15 is 0 Å². The van der Waals surface area contributed by atoms with Crippen LogP contribution in [0.1, 0.15) is 52.2 Å². The summed E-state index contributed by atoms with van der Waals surface area (Å²) in [5.74, 6) is 0. The third-order valence-electron chi connectivity index (χ3n) is 5.84. The van der Waals surface area contributed by atoms with Gasteiger partial charge in [-0.3, -0.25) is 19.6 Å². The van der Waals surface area contributed by atoms with Gasteiger partial charge in [0.05, 0.1) is 6.10 Å². The van der Waals surface area contributed by atoms with Gasteiger partial charge < -0.3 is 15.7 Å². The second kappa shape index (κ2) is 18.0. The molecule has 3 rings (SSSR count). The number of carbonyl (C=O) groups excluding carboxylic acids is 1. The number of hydrogen-bond acceptors (Lipinski definition) is 6. The van der Waals surface area contributed by atoms with Crippen LogP contribution in [0.15, 0.2) is 54.9 Å². The molecule has 2 atom stereocenters. The molecule has 36 heavy (non-hydrogen) atoms. The SMILES string of the molecule is CC.CC(C)(C)NC=O.CNC(Cc1ccccc1)CC(O)CN1CCN(Cc2cccnc2)CC1. The fourth-order valence-corrected chi connectivity index (χ4v) is 3.96. The van der Waals surface area contributed by atoms with Gasteiger partial charge >= 0.3 is 0 Å². The van der Waals surface area contributed by atoms with Crippen molar-refractivity contribution in [3.63, 3.8) is 0 Å². The van der Waals surface area contributed by atoms with Gasteiger partial charge in [0.1, 0.15) is 0 Å². The van der Waals surface area contributed by atoms with E-state index in [1.165, 1.54) is 11.1 Å². The number of nitrogens with one attached hydrogen (secondary N) is 2. The summed E-state index contributed by atoms with van der Waals surface area (Å²) in [6, 6.07) is 14.9. The predicted molar refractivity (Wildman–Crippen MR) is 150 cm³/mol. The summed E-state index contributed by atoms with van der Waals surface area (Å²) in [5.41, 5.74) is 2.51. The van der Waals surface area contributed by atoms with Gasteiger partial charge in [0, 0.05) is 63.2 Å². The first-order chi connectivity index (χ1) is 17.3. The minimum Gasteiger partial charge on any atom is -0.392 e. The molecule has 0 saturated carbocycles. The van der Waals surface area contributed by atoms with E-state index in [-0.39, 0.29) is 11.6 Å². The number of likely N-dealkylation sites (N-methyl/N-ethyl adjacent to an activating group) is 1. The molecular weight excluding hydrogens is 450 g/mol. The first kappa shape index (κ1) is 31.7. The highest BCUT2D eigenvalue weighted by molar-refractivity contribution is 5.47. The lowest BCUT2D eigenvalue weighted by atomic mass is 10.0.